The molecule has 4 rings (SSSR count). The molecule has 1 aromatic carbocycles. The van der Waals surface area contributed by atoms with Gasteiger partial charge in [0.25, 0.3) is 0 Å². The summed E-state index contributed by atoms with van der Waals surface area (Å²) in [5.41, 5.74) is 3.23. The van der Waals surface area contributed by atoms with E-state index in [4.69, 9.17) is 0 Å². The third kappa shape index (κ3) is 2.31. The van der Waals surface area contributed by atoms with Gasteiger partial charge in [0.2, 0.25) is 0 Å². The van der Waals surface area contributed by atoms with Crippen LogP contribution in [0.1, 0.15) is 31.7 Å². The molecule has 0 atom stereocenters. The minimum atomic E-state index is 0.613. The molecule has 2 aliphatic rings. The highest BCUT2D eigenvalue weighted by molar-refractivity contribution is 9.10. The number of hydrogen-bond acceptors (Lipinski definition) is 4. The van der Waals surface area contributed by atoms with Gasteiger partial charge in [-0.3, -0.25) is 4.99 Å². The smallest absolute Gasteiger partial charge is 0.195 e. The quantitative estimate of drug-likeness (QED) is 0.876. The fourth-order valence-electron chi connectivity index (χ4n) is 3.25. The Labute approximate surface area is 132 Å². The van der Waals surface area contributed by atoms with E-state index in [2.05, 4.69) is 53.2 Å². The van der Waals surface area contributed by atoms with E-state index in [-0.39, 0.29) is 0 Å². The highest BCUT2D eigenvalue weighted by Crippen LogP contribution is 2.36. The molecular weight excluding hydrogens is 330 g/mol. The number of guanidine groups is 1. The predicted octanol–water partition coefficient (Wildman–Crippen LogP) is 3.29. The Morgan fingerprint density at radius 2 is 2.14 bits per heavy atom. The van der Waals surface area contributed by atoms with Crippen molar-refractivity contribution in [3.05, 3.63) is 22.9 Å². The van der Waals surface area contributed by atoms with E-state index in [0.717, 1.165) is 34.7 Å². The standard InChI is InChI=1S/C15H18BrN5/c16-13-11(20-15-17-7-8-18-15)5-6-12-14(13)19-9-21(12)10-3-1-2-4-10/h5-6,9-10H,1-4,7-8H2,(H2,17,18,20). The van der Waals surface area contributed by atoms with Crippen molar-refractivity contribution in [1.29, 1.82) is 0 Å². The maximum atomic E-state index is 4.61. The van der Waals surface area contributed by atoms with Gasteiger partial charge in [0.15, 0.2) is 5.96 Å². The molecule has 1 aromatic heterocycles. The van der Waals surface area contributed by atoms with Crippen LogP contribution < -0.4 is 10.6 Å². The molecule has 0 amide bonds. The minimum Gasteiger partial charge on any atom is -0.354 e. The summed E-state index contributed by atoms with van der Waals surface area (Å²) in [4.78, 5) is 8.98. The number of anilines is 1. The number of fused-ring (bicyclic) bond motifs is 1. The van der Waals surface area contributed by atoms with Crippen LogP contribution in [-0.2, 0) is 0 Å². The third-order valence-electron chi connectivity index (χ3n) is 4.33. The first-order chi connectivity index (χ1) is 10.3. The summed E-state index contributed by atoms with van der Waals surface area (Å²) in [5.74, 6) is 0.838. The number of aliphatic imine (C=N–C) groups is 1. The molecule has 0 radical (unpaired) electrons. The third-order valence-corrected chi connectivity index (χ3v) is 5.13. The summed E-state index contributed by atoms with van der Waals surface area (Å²) in [6.07, 6.45) is 7.18. The van der Waals surface area contributed by atoms with Crippen LogP contribution in [-0.4, -0.2) is 28.6 Å². The van der Waals surface area contributed by atoms with Crippen LogP contribution in [0.2, 0.25) is 0 Å². The molecule has 6 heteroatoms. The Hall–Kier alpha value is -1.56. The summed E-state index contributed by atoms with van der Waals surface area (Å²) < 4.78 is 3.34. The van der Waals surface area contributed by atoms with Gasteiger partial charge in [-0.1, -0.05) is 12.8 Å². The van der Waals surface area contributed by atoms with Crippen molar-refractivity contribution >= 4 is 38.6 Å². The van der Waals surface area contributed by atoms with E-state index in [1.54, 1.807) is 0 Å². The number of imidazole rings is 1. The first kappa shape index (κ1) is 13.1. The first-order valence-electron chi connectivity index (χ1n) is 7.53. The molecule has 1 saturated carbocycles. The van der Waals surface area contributed by atoms with Crippen LogP contribution in [0.4, 0.5) is 5.69 Å². The lowest BCUT2D eigenvalue weighted by molar-refractivity contribution is 0.532. The van der Waals surface area contributed by atoms with Gasteiger partial charge in [0.05, 0.1) is 28.5 Å². The number of benzene rings is 1. The van der Waals surface area contributed by atoms with Gasteiger partial charge >= 0.3 is 0 Å². The van der Waals surface area contributed by atoms with Gasteiger partial charge in [-0.15, -0.1) is 0 Å². The van der Waals surface area contributed by atoms with Gasteiger partial charge in [-0.25, -0.2) is 4.98 Å². The number of rotatable bonds is 2. The number of hydrogen-bond donors (Lipinski definition) is 2. The number of aromatic nitrogens is 2. The van der Waals surface area contributed by atoms with Gasteiger partial charge < -0.3 is 15.2 Å². The molecule has 21 heavy (non-hydrogen) atoms. The second-order valence-electron chi connectivity index (χ2n) is 5.67. The molecule has 2 aromatic rings. The largest absolute Gasteiger partial charge is 0.354 e. The Morgan fingerprint density at radius 3 is 2.90 bits per heavy atom. The zero-order chi connectivity index (χ0) is 14.2. The summed E-state index contributed by atoms with van der Waals surface area (Å²) in [6.45, 7) is 1.73. The molecule has 5 nitrogen and oxygen atoms in total. The second kappa shape index (κ2) is 5.33. The Balaban J connectivity index is 1.70. The van der Waals surface area contributed by atoms with Crippen LogP contribution in [0.3, 0.4) is 0 Å². The van der Waals surface area contributed by atoms with Crippen LogP contribution in [0.15, 0.2) is 27.9 Å². The van der Waals surface area contributed by atoms with Crippen molar-refractivity contribution in [1.82, 2.24) is 14.9 Å². The molecular formula is C15H18BrN5. The lowest BCUT2D eigenvalue weighted by atomic mass is 10.2. The van der Waals surface area contributed by atoms with Crippen molar-refractivity contribution in [2.75, 3.05) is 18.4 Å². The SMILES string of the molecule is Brc1c(NC2=NCCN2)ccc2c1ncn2C1CCCC1. The second-order valence-corrected chi connectivity index (χ2v) is 6.46. The Kier molecular flexibility index (Phi) is 3.33. The zero-order valence-corrected chi connectivity index (χ0v) is 13.4. The van der Waals surface area contributed by atoms with E-state index in [9.17, 15) is 0 Å². The fourth-order valence-corrected chi connectivity index (χ4v) is 3.78. The molecule has 1 aliphatic heterocycles. The van der Waals surface area contributed by atoms with Crippen molar-refractivity contribution in [2.24, 2.45) is 4.99 Å². The zero-order valence-electron chi connectivity index (χ0n) is 11.8. The van der Waals surface area contributed by atoms with E-state index >= 15 is 0 Å². The number of halogens is 1. The molecule has 1 fully saturated rings. The van der Waals surface area contributed by atoms with Crippen LogP contribution in [0.5, 0.6) is 0 Å². The predicted molar refractivity (Wildman–Crippen MR) is 88.9 cm³/mol. The average molecular weight is 348 g/mol. The Bertz CT molecular complexity index is 699. The summed E-state index contributed by atoms with van der Waals surface area (Å²) in [6, 6.07) is 4.87. The van der Waals surface area contributed by atoms with E-state index in [1.165, 1.54) is 31.2 Å². The van der Waals surface area contributed by atoms with Crippen LogP contribution >= 0.6 is 15.9 Å². The normalized spacial score (nSPS) is 19.0. The monoisotopic (exact) mass is 347 g/mol. The van der Waals surface area contributed by atoms with Gasteiger partial charge in [0, 0.05) is 12.6 Å². The number of nitrogens with zero attached hydrogens (tertiary/aromatic N) is 3. The lowest BCUT2D eigenvalue weighted by Gasteiger charge is -2.13. The first-order valence-corrected chi connectivity index (χ1v) is 8.32. The lowest BCUT2D eigenvalue weighted by Crippen LogP contribution is -2.26. The molecule has 0 unspecified atom stereocenters. The molecule has 1 aliphatic carbocycles. The highest BCUT2D eigenvalue weighted by atomic mass is 79.9. The molecule has 2 N–H and O–H groups in total. The van der Waals surface area contributed by atoms with Gasteiger partial charge in [-0.05, 0) is 40.9 Å². The molecule has 0 bridgehead atoms. The van der Waals surface area contributed by atoms with Crippen LogP contribution in [0.25, 0.3) is 11.0 Å². The van der Waals surface area contributed by atoms with E-state index in [1.807, 2.05) is 6.33 Å². The van der Waals surface area contributed by atoms with E-state index in [0.29, 0.717) is 6.04 Å². The maximum absolute atomic E-state index is 4.61. The molecule has 0 spiro atoms. The van der Waals surface area contributed by atoms with Gasteiger partial charge in [-0.2, -0.15) is 0 Å². The van der Waals surface area contributed by atoms with Crippen molar-refractivity contribution in [3.63, 3.8) is 0 Å². The molecule has 110 valence electrons. The maximum Gasteiger partial charge on any atom is 0.195 e. The topological polar surface area (TPSA) is 54.2 Å². The molecule has 0 saturated heterocycles. The van der Waals surface area contributed by atoms with E-state index < -0.39 is 0 Å². The van der Waals surface area contributed by atoms with Crippen molar-refractivity contribution in [3.8, 4) is 0 Å². The summed E-state index contributed by atoms with van der Waals surface area (Å²) in [5, 5.41) is 6.55. The summed E-state index contributed by atoms with van der Waals surface area (Å²) >= 11 is 3.69. The van der Waals surface area contributed by atoms with Crippen molar-refractivity contribution < 1.29 is 0 Å². The molecule has 2 heterocycles. The highest BCUT2D eigenvalue weighted by Gasteiger charge is 2.20. The Morgan fingerprint density at radius 1 is 1.29 bits per heavy atom. The summed E-state index contributed by atoms with van der Waals surface area (Å²) in [7, 11) is 0. The minimum absolute atomic E-state index is 0.613. The van der Waals surface area contributed by atoms with Crippen LogP contribution in [0, 0.1) is 0 Å². The van der Waals surface area contributed by atoms with Gasteiger partial charge in [0.1, 0.15) is 5.52 Å². The average Bonchev–Trinajstić information content (AvgIpc) is 3.21. The van der Waals surface area contributed by atoms with Crippen molar-refractivity contribution in [2.45, 2.75) is 31.7 Å². The number of nitrogens with one attached hydrogen (secondary N) is 2. The fraction of sp³-hybridized carbons (Fsp3) is 0.467.